The second-order valence-electron chi connectivity index (χ2n) is 7.54. The molecule has 2 heterocycles. The van der Waals surface area contributed by atoms with Crippen molar-refractivity contribution in [2.75, 3.05) is 0 Å². The number of hydrogen-bond donors (Lipinski definition) is 1. The fourth-order valence-corrected chi connectivity index (χ4v) is 3.67. The molecule has 0 saturated heterocycles. The van der Waals surface area contributed by atoms with Gasteiger partial charge in [0.05, 0.1) is 23.3 Å². The molecule has 6 nitrogen and oxygen atoms in total. The zero-order chi connectivity index (χ0) is 21.6. The predicted molar refractivity (Wildman–Crippen MR) is 120 cm³/mol. The summed E-state index contributed by atoms with van der Waals surface area (Å²) in [4.78, 5) is 30.1. The largest absolute Gasteiger partial charge is 0.467 e. The number of rotatable bonds is 8. The van der Waals surface area contributed by atoms with Crippen molar-refractivity contribution in [2.24, 2.45) is 0 Å². The summed E-state index contributed by atoms with van der Waals surface area (Å²) in [6, 6.07) is 21.1. The summed E-state index contributed by atoms with van der Waals surface area (Å²) in [5.74, 6) is 0.551. The van der Waals surface area contributed by atoms with E-state index < -0.39 is 0 Å². The van der Waals surface area contributed by atoms with Gasteiger partial charge in [0.15, 0.2) is 0 Å². The Hall–Kier alpha value is -3.67. The van der Waals surface area contributed by atoms with Crippen molar-refractivity contribution < 1.29 is 9.21 Å². The number of aromatic nitrogens is 2. The van der Waals surface area contributed by atoms with Crippen LogP contribution >= 0.6 is 0 Å². The van der Waals surface area contributed by atoms with Crippen molar-refractivity contribution in [3.63, 3.8) is 0 Å². The molecule has 2 aromatic heterocycles. The third kappa shape index (κ3) is 4.91. The van der Waals surface area contributed by atoms with Crippen molar-refractivity contribution >= 4 is 16.9 Å². The first-order valence-electron chi connectivity index (χ1n) is 10.5. The number of fused-ring (bicyclic) bond motifs is 1. The first-order chi connectivity index (χ1) is 15.1. The van der Waals surface area contributed by atoms with Gasteiger partial charge in [-0.1, -0.05) is 42.5 Å². The molecule has 1 amide bonds. The molecule has 6 heteroatoms. The summed E-state index contributed by atoms with van der Waals surface area (Å²) in [5.41, 5.74) is 3.01. The topological polar surface area (TPSA) is 77.1 Å². The van der Waals surface area contributed by atoms with Crippen LogP contribution < -0.4 is 10.9 Å². The Kier molecular flexibility index (Phi) is 6.26. The van der Waals surface area contributed by atoms with E-state index in [2.05, 4.69) is 22.4 Å². The number of carbonyl (C=O) groups is 1. The molecule has 1 atom stereocenters. The fourth-order valence-electron chi connectivity index (χ4n) is 3.67. The van der Waals surface area contributed by atoms with E-state index in [0.717, 1.165) is 17.5 Å². The molecule has 0 radical (unpaired) electrons. The van der Waals surface area contributed by atoms with Gasteiger partial charge >= 0.3 is 0 Å². The van der Waals surface area contributed by atoms with E-state index in [1.165, 1.54) is 5.56 Å². The highest BCUT2D eigenvalue weighted by atomic mass is 16.3. The van der Waals surface area contributed by atoms with E-state index in [-0.39, 0.29) is 30.3 Å². The van der Waals surface area contributed by atoms with Crippen LogP contribution in [0, 0.1) is 0 Å². The molecular formula is C25H25N3O3. The van der Waals surface area contributed by atoms with Crippen molar-refractivity contribution in [1.29, 1.82) is 0 Å². The summed E-state index contributed by atoms with van der Waals surface area (Å²) in [7, 11) is 0. The van der Waals surface area contributed by atoms with Gasteiger partial charge in [0.2, 0.25) is 5.91 Å². The molecule has 0 aliphatic rings. The van der Waals surface area contributed by atoms with Crippen LogP contribution in [0.3, 0.4) is 0 Å². The molecule has 0 aliphatic carbocycles. The highest BCUT2D eigenvalue weighted by Crippen LogP contribution is 2.14. The Balaban J connectivity index is 1.51. The molecule has 0 bridgehead atoms. The maximum absolute atomic E-state index is 13.2. The Morgan fingerprint density at radius 3 is 2.58 bits per heavy atom. The minimum Gasteiger partial charge on any atom is -0.467 e. The van der Waals surface area contributed by atoms with Gasteiger partial charge in [-0.3, -0.25) is 9.59 Å². The Labute approximate surface area is 180 Å². The maximum atomic E-state index is 13.2. The number of furan rings is 1. The molecule has 0 aliphatic heterocycles. The zero-order valence-electron chi connectivity index (χ0n) is 17.5. The van der Waals surface area contributed by atoms with Gasteiger partial charge in [-0.2, -0.15) is 0 Å². The molecule has 31 heavy (non-hydrogen) atoms. The Morgan fingerprint density at radius 1 is 1.03 bits per heavy atom. The van der Waals surface area contributed by atoms with E-state index in [1.54, 1.807) is 16.9 Å². The van der Waals surface area contributed by atoms with Crippen LogP contribution in [-0.4, -0.2) is 15.5 Å². The van der Waals surface area contributed by atoms with Gasteiger partial charge in [0.25, 0.3) is 5.56 Å². The van der Waals surface area contributed by atoms with Gasteiger partial charge in [0.1, 0.15) is 11.5 Å². The summed E-state index contributed by atoms with van der Waals surface area (Å²) in [6.07, 6.45) is 2.79. The lowest BCUT2D eigenvalue weighted by atomic mass is 10.1. The van der Waals surface area contributed by atoms with E-state index in [0.29, 0.717) is 18.0 Å². The van der Waals surface area contributed by atoms with E-state index in [1.807, 2.05) is 55.5 Å². The third-order valence-electron chi connectivity index (χ3n) is 5.32. The molecule has 0 saturated carbocycles. The van der Waals surface area contributed by atoms with Crippen LogP contribution in [0.25, 0.3) is 11.0 Å². The maximum Gasteiger partial charge on any atom is 0.272 e. The zero-order valence-corrected chi connectivity index (χ0v) is 17.5. The molecule has 158 valence electrons. The van der Waals surface area contributed by atoms with Crippen molar-refractivity contribution in [2.45, 2.75) is 38.8 Å². The van der Waals surface area contributed by atoms with Crippen molar-refractivity contribution in [3.05, 3.63) is 100 Å². The second kappa shape index (κ2) is 9.43. The summed E-state index contributed by atoms with van der Waals surface area (Å²) < 4.78 is 7.10. The summed E-state index contributed by atoms with van der Waals surface area (Å²) in [5, 5.41) is 2.90. The lowest BCUT2D eigenvalue weighted by molar-refractivity contribution is -0.121. The lowest BCUT2D eigenvalue weighted by Crippen LogP contribution is -2.30. The number of nitrogens with zero attached hydrogens (tertiary/aromatic N) is 2. The standard InChI is InChI=1S/C25H25N3O3/c1-18(23-12-7-17-31-23)26-24(29)14-13-21-25(30)28(16-15-19-8-3-2-4-9-19)22-11-6-5-10-20(22)27-21/h2-12,17-18H,13-16H2,1H3,(H,26,29)/t18-/m0/s1. The molecule has 0 fully saturated rings. The molecule has 4 aromatic rings. The van der Waals surface area contributed by atoms with Crippen LogP contribution in [0.5, 0.6) is 0 Å². The quantitative estimate of drug-likeness (QED) is 0.471. The van der Waals surface area contributed by atoms with Gasteiger partial charge in [0, 0.05) is 19.4 Å². The average Bonchev–Trinajstić information content (AvgIpc) is 3.33. The monoisotopic (exact) mass is 415 g/mol. The minimum atomic E-state index is -0.227. The van der Waals surface area contributed by atoms with Gasteiger partial charge in [-0.15, -0.1) is 0 Å². The van der Waals surface area contributed by atoms with E-state index >= 15 is 0 Å². The Bertz CT molecular complexity index is 1210. The number of carbonyl (C=O) groups excluding carboxylic acids is 1. The van der Waals surface area contributed by atoms with Crippen molar-refractivity contribution in [1.82, 2.24) is 14.9 Å². The number of para-hydroxylation sites is 2. The van der Waals surface area contributed by atoms with Crippen molar-refractivity contribution in [3.8, 4) is 0 Å². The van der Waals surface area contributed by atoms with Crippen LogP contribution in [-0.2, 0) is 24.2 Å². The predicted octanol–water partition coefficient (Wildman–Crippen LogP) is 4.04. The fraction of sp³-hybridized carbons (Fsp3) is 0.240. The second-order valence-corrected chi connectivity index (χ2v) is 7.54. The smallest absolute Gasteiger partial charge is 0.272 e. The minimum absolute atomic E-state index is 0.137. The highest BCUT2D eigenvalue weighted by molar-refractivity contribution is 5.77. The van der Waals surface area contributed by atoms with Gasteiger partial charge in [-0.25, -0.2) is 4.98 Å². The van der Waals surface area contributed by atoms with Crippen LogP contribution in [0.4, 0.5) is 0 Å². The number of nitrogens with one attached hydrogen (secondary N) is 1. The number of hydrogen-bond acceptors (Lipinski definition) is 4. The first kappa shape index (κ1) is 20.6. The summed E-state index contributed by atoms with van der Waals surface area (Å²) >= 11 is 0. The number of amides is 1. The summed E-state index contributed by atoms with van der Waals surface area (Å²) in [6.45, 7) is 2.42. The molecular weight excluding hydrogens is 390 g/mol. The van der Waals surface area contributed by atoms with Gasteiger partial charge < -0.3 is 14.3 Å². The molecule has 0 spiro atoms. The highest BCUT2D eigenvalue weighted by Gasteiger charge is 2.15. The van der Waals surface area contributed by atoms with Gasteiger partial charge in [-0.05, 0) is 43.2 Å². The Morgan fingerprint density at radius 2 is 1.81 bits per heavy atom. The average molecular weight is 415 g/mol. The molecule has 1 N–H and O–H groups in total. The van der Waals surface area contributed by atoms with E-state index in [4.69, 9.17) is 4.42 Å². The van der Waals surface area contributed by atoms with Crippen LogP contribution in [0.1, 0.15) is 36.4 Å². The van der Waals surface area contributed by atoms with Crippen LogP contribution in [0.2, 0.25) is 0 Å². The van der Waals surface area contributed by atoms with Crippen LogP contribution in [0.15, 0.2) is 82.2 Å². The number of benzene rings is 2. The molecule has 0 unspecified atom stereocenters. The SMILES string of the molecule is C[C@H](NC(=O)CCc1nc2ccccc2n(CCc2ccccc2)c1=O)c1ccco1. The first-order valence-corrected chi connectivity index (χ1v) is 10.5. The molecule has 4 rings (SSSR count). The third-order valence-corrected chi connectivity index (χ3v) is 5.32. The normalized spacial score (nSPS) is 12.0. The molecule has 2 aromatic carbocycles. The lowest BCUT2D eigenvalue weighted by Gasteiger charge is -2.13. The van der Waals surface area contributed by atoms with E-state index in [9.17, 15) is 9.59 Å². The number of aryl methyl sites for hydroxylation is 3.